The van der Waals surface area contributed by atoms with E-state index in [1.165, 1.54) is 16.8 Å². The van der Waals surface area contributed by atoms with Gasteiger partial charge in [0.2, 0.25) is 0 Å². The third-order valence-corrected chi connectivity index (χ3v) is 3.46. The van der Waals surface area contributed by atoms with Gasteiger partial charge in [-0.2, -0.15) is 4.68 Å². The molecule has 3 aromatic rings. The minimum Gasteiger partial charge on any atom is -0.399 e. The molecule has 1 heterocycles. The summed E-state index contributed by atoms with van der Waals surface area (Å²) in [5.74, 6) is -0.350. The van der Waals surface area contributed by atoms with E-state index in [9.17, 15) is 4.39 Å². The molecule has 0 amide bonds. The van der Waals surface area contributed by atoms with Crippen LogP contribution >= 0.6 is 23.2 Å². The summed E-state index contributed by atoms with van der Waals surface area (Å²) in [5.41, 5.74) is 6.43. The summed E-state index contributed by atoms with van der Waals surface area (Å²) in [6.45, 7) is 0. The number of halogens is 3. The zero-order valence-electron chi connectivity index (χ0n) is 10.5. The number of nitrogen functional groups attached to an aromatic ring is 1. The third kappa shape index (κ3) is 2.43. The largest absolute Gasteiger partial charge is 0.399 e. The standard InChI is InChI=1S/C13H8Cl2FN5/c14-9-2-1-3-10(15)12(9)21-13(18-19-20-21)8-5-4-7(17)6-11(8)16/h1-6H,17H2. The van der Waals surface area contributed by atoms with Crippen LogP contribution in [0.3, 0.4) is 0 Å². The van der Waals surface area contributed by atoms with E-state index in [2.05, 4.69) is 15.5 Å². The van der Waals surface area contributed by atoms with Crippen LogP contribution in [0.2, 0.25) is 10.0 Å². The summed E-state index contributed by atoms with van der Waals surface area (Å²) in [4.78, 5) is 0. The predicted octanol–water partition coefficient (Wildman–Crippen LogP) is 3.36. The number of tetrazole rings is 1. The Kier molecular flexibility index (Phi) is 3.48. The van der Waals surface area contributed by atoms with Gasteiger partial charge < -0.3 is 5.73 Å². The molecule has 2 N–H and O–H groups in total. The highest BCUT2D eigenvalue weighted by molar-refractivity contribution is 6.37. The Labute approximate surface area is 129 Å². The molecule has 1 aromatic heterocycles. The van der Waals surface area contributed by atoms with Crippen LogP contribution in [-0.2, 0) is 0 Å². The van der Waals surface area contributed by atoms with Crippen LogP contribution in [0, 0.1) is 5.82 Å². The van der Waals surface area contributed by atoms with Gasteiger partial charge in [0.05, 0.1) is 15.6 Å². The SMILES string of the molecule is Nc1ccc(-c2nnnn2-c2c(Cl)cccc2Cl)c(F)c1. The maximum absolute atomic E-state index is 14.1. The minimum absolute atomic E-state index is 0.183. The van der Waals surface area contributed by atoms with Gasteiger partial charge in [-0.1, -0.05) is 29.3 Å². The number of nitrogens with two attached hydrogens (primary N) is 1. The van der Waals surface area contributed by atoms with E-state index in [1.807, 2.05) is 0 Å². The fourth-order valence-corrected chi connectivity index (χ4v) is 2.47. The number of anilines is 1. The van der Waals surface area contributed by atoms with Crippen LogP contribution < -0.4 is 5.73 Å². The summed E-state index contributed by atoms with van der Waals surface area (Å²) in [7, 11) is 0. The van der Waals surface area contributed by atoms with E-state index in [4.69, 9.17) is 28.9 Å². The van der Waals surface area contributed by atoms with Crippen molar-refractivity contribution in [2.45, 2.75) is 0 Å². The van der Waals surface area contributed by atoms with Crippen LogP contribution in [0.25, 0.3) is 17.1 Å². The van der Waals surface area contributed by atoms with Crippen molar-refractivity contribution in [1.82, 2.24) is 20.2 Å². The summed E-state index contributed by atoms with van der Waals surface area (Å²) >= 11 is 12.3. The molecule has 0 saturated heterocycles. The first-order valence-electron chi connectivity index (χ1n) is 5.86. The lowest BCUT2D eigenvalue weighted by Crippen LogP contribution is -2.03. The monoisotopic (exact) mass is 323 g/mol. The van der Waals surface area contributed by atoms with E-state index in [0.717, 1.165) is 0 Å². The Morgan fingerprint density at radius 1 is 1.10 bits per heavy atom. The number of hydrogen-bond acceptors (Lipinski definition) is 4. The molecule has 0 atom stereocenters. The average molecular weight is 324 g/mol. The zero-order chi connectivity index (χ0) is 15.0. The second kappa shape index (κ2) is 5.31. The van der Waals surface area contributed by atoms with Gasteiger partial charge in [0.1, 0.15) is 11.5 Å². The molecule has 0 unspecified atom stereocenters. The Morgan fingerprint density at radius 3 is 2.48 bits per heavy atom. The van der Waals surface area contributed by atoms with Crippen molar-refractivity contribution in [3.8, 4) is 17.1 Å². The van der Waals surface area contributed by atoms with E-state index in [-0.39, 0.29) is 11.4 Å². The van der Waals surface area contributed by atoms with Crippen molar-refractivity contribution in [1.29, 1.82) is 0 Å². The maximum Gasteiger partial charge on any atom is 0.190 e. The second-order valence-corrected chi connectivity index (χ2v) is 5.04. The summed E-state index contributed by atoms with van der Waals surface area (Å²) in [6.07, 6.45) is 0. The van der Waals surface area contributed by atoms with Gasteiger partial charge in [-0.05, 0) is 40.8 Å². The molecule has 21 heavy (non-hydrogen) atoms. The number of aromatic nitrogens is 4. The quantitative estimate of drug-likeness (QED) is 0.734. The lowest BCUT2D eigenvalue weighted by molar-refractivity contribution is 0.629. The van der Waals surface area contributed by atoms with Crippen LogP contribution in [0.5, 0.6) is 0 Å². The van der Waals surface area contributed by atoms with E-state index in [0.29, 0.717) is 21.4 Å². The van der Waals surface area contributed by atoms with Crippen molar-refractivity contribution >= 4 is 28.9 Å². The van der Waals surface area contributed by atoms with Gasteiger partial charge in [0.15, 0.2) is 5.82 Å². The Morgan fingerprint density at radius 2 is 1.81 bits per heavy atom. The minimum atomic E-state index is -0.533. The number of para-hydroxylation sites is 1. The number of benzene rings is 2. The molecule has 0 aliphatic heterocycles. The van der Waals surface area contributed by atoms with Gasteiger partial charge in [-0.15, -0.1) is 5.10 Å². The van der Waals surface area contributed by atoms with Crippen molar-refractivity contribution in [2.75, 3.05) is 5.73 Å². The number of hydrogen-bond donors (Lipinski definition) is 1. The van der Waals surface area contributed by atoms with Gasteiger partial charge in [-0.3, -0.25) is 0 Å². The fourth-order valence-electron chi connectivity index (χ4n) is 1.91. The maximum atomic E-state index is 14.1. The van der Waals surface area contributed by atoms with E-state index in [1.54, 1.807) is 24.3 Å². The van der Waals surface area contributed by atoms with Gasteiger partial charge >= 0.3 is 0 Å². The third-order valence-electron chi connectivity index (χ3n) is 2.85. The Hall–Kier alpha value is -2.18. The summed E-state index contributed by atoms with van der Waals surface area (Å²) in [5, 5.41) is 12.0. The van der Waals surface area contributed by atoms with Crippen molar-refractivity contribution in [3.63, 3.8) is 0 Å². The molecule has 0 aliphatic rings. The van der Waals surface area contributed by atoms with Crippen LogP contribution in [-0.4, -0.2) is 20.2 Å². The fraction of sp³-hybridized carbons (Fsp3) is 0. The predicted molar refractivity (Wildman–Crippen MR) is 79.0 cm³/mol. The molecule has 8 heteroatoms. The highest BCUT2D eigenvalue weighted by atomic mass is 35.5. The Bertz CT molecular complexity index is 798. The average Bonchev–Trinajstić information content (AvgIpc) is 2.87. The van der Waals surface area contributed by atoms with Crippen LogP contribution in [0.1, 0.15) is 0 Å². The first-order chi connectivity index (χ1) is 10.1. The van der Waals surface area contributed by atoms with E-state index < -0.39 is 5.82 Å². The molecular formula is C13H8Cl2FN5. The van der Waals surface area contributed by atoms with Gasteiger partial charge in [-0.25, -0.2) is 4.39 Å². The number of nitrogens with zero attached hydrogens (tertiary/aromatic N) is 4. The van der Waals surface area contributed by atoms with E-state index >= 15 is 0 Å². The summed E-state index contributed by atoms with van der Waals surface area (Å²) < 4.78 is 15.3. The second-order valence-electron chi connectivity index (χ2n) is 4.22. The molecule has 0 saturated carbocycles. The molecule has 5 nitrogen and oxygen atoms in total. The van der Waals surface area contributed by atoms with Crippen molar-refractivity contribution in [3.05, 3.63) is 52.3 Å². The first-order valence-corrected chi connectivity index (χ1v) is 6.61. The molecule has 0 aliphatic carbocycles. The van der Waals surface area contributed by atoms with Gasteiger partial charge in [0.25, 0.3) is 0 Å². The molecule has 0 radical (unpaired) electrons. The van der Waals surface area contributed by atoms with Crippen molar-refractivity contribution in [2.24, 2.45) is 0 Å². The molecule has 2 aromatic carbocycles. The number of rotatable bonds is 2. The summed E-state index contributed by atoms with van der Waals surface area (Å²) in [6, 6.07) is 9.24. The molecule has 0 spiro atoms. The molecule has 3 rings (SSSR count). The van der Waals surface area contributed by atoms with Crippen LogP contribution in [0.15, 0.2) is 36.4 Å². The first kappa shape index (κ1) is 13.8. The normalized spacial score (nSPS) is 10.8. The topological polar surface area (TPSA) is 69.6 Å². The molecule has 0 bridgehead atoms. The smallest absolute Gasteiger partial charge is 0.190 e. The van der Waals surface area contributed by atoms with Gasteiger partial charge in [0, 0.05) is 5.69 Å². The molecule has 0 fully saturated rings. The Balaban J connectivity index is 2.22. The van der Waals surface area contributed by atoms with Crippen molar-refractivity contribution < 1.29 is 4.39 Å². The molecule has 106 valence electrons. The molecular weight excluding hydrogens is 316 g/mol. The van der Waals surface area contributed by atoms with Crippen LogP contribution in [0.4, 0.5) is 10.1 Å². The lowest BCUT2D eigenvalue weighted by Gasteiger charge is -2.09. The highest BCUT2D eigenvalue weighted by Gasteiger charge is 2.18. The lowest BCUT2D eigenvalue weighted by atomic mass is 10.2. The highest BCUT2D eigenvalue weighted by Crippen LogP contribution is 2.31. The zero-order valence-corrected chi connectivity index (χ0v) is 12.0.